The highest BCUT2D eigenvalue weighted by Gasteiger charge is 2.15. The molecule has 0 bridgehead atoms. The van der Waals surface area contributed by atoms with Gasteiger partial charge < -0.3 is 9.47 Å². The average Bonchev–Trinajstić information content (AvgIpc) is 2.99. The van der Waals surface area contributed by atoms with Gasteiger partial charge in [0, 0.05) is 43.0 Å². The van der Waals surface area contributed by atoms with Crippen molar-refractivity contribution in [2.45, 2.75) is 32.7 Å². The summed E-state index contributed by atoms with van der Waals surface area (Å²) in [6.45, 7) is 3.44. The normalized spacial score (nSPS) is 11.1. The number of fused-ring (bicyclic) bond motifs is 1. The summed E-state index contributed by atoms with van der Waals surface area (Å²) in [4.78, 5) is 18.9. The zero-order chi connectivity index (χ0) is 19.4. The van der Waals surface area contributed by atoms with Gasteiger partial charge in [-0.05, 0) is 36.2 Å². The lowest BCUT2D eigenvalue weighted by Gasteiger charge is -2.17. The zero-order valence-electron chi connectivity index (χ0n) is 15.6. The molecule has 1 aromatic heterocycles. The molecule has 1 amide bonds. The van der Waals surface area contributed by atoms with Crippen molar-refractivity contribution < 1.29 is 4.79 Å². The van der Waals surface area contributed by atoms with Gasteiger partial charge in [0.05, 0.1) is 11.0 Å². The zero-order valence-corrected chi connectivity index (χ0v) is 17.1. The first-order valence-corrected chi connectivity index (χ1v) is 9.87. The number of imidazole rings is 1. The van der Waals surface area contributed by atoms with Gasteiger partial charge in [-0.25, -0.2) is 4.98 Å². The van der Waals surface area contributed by atoms with Crippen LogP contribution in [0, 0.1) is 0 Å². The van der Waals surface area contributed by atoms with Gasteiger partial charge in [0.25, 0.3) is 0 Å². The highest BCUT2D eigenvalue weighted by atomic mass is 35.5. The average molecular weight is 404 g/mol. The Morgan fingerprint density at radius 2 is 1.96 bits per heavy atom. The predicted octanol–water partition coefficient (Wildman–Crippen LogP) is 5.19. The van der Waals surface area contributed by atoms with Crippen LogP contribution in [-0.4, -0.2) is 34.0 Å². The maximum atomic E-state index is 12.4. The van der Waals surface area contributed by atoms with Crippen LogP contribution in [0.3, 0.4) is 0 Å². The fourth-order valence-corrected chi connectivity index (χ4v) is 3.68. The second kappa shape index (κ2) is 8.77. The minimum atomic E-state index is 0.144. The van der Waals surface area contributed by atoms with E-state index in [1.807, 2.05) is 43.4 Å². The van der Waals surface area contributed by atoms with E-state index >= 15 is 0 Å². The van der Waals surface area contributed by atoms with Gasteiger partial charge in [-0.1, -0.05) is 48.3 Å². The van der Waals surface area contributed by atoms with E-state index in [9.17, 15) is 4.79 Å². The number of carbonyl (C=O) groups is 1. The molecule has 0 saturated heterocycles. The maximum Gasteiger partial charge on any atom is 0.224 e. The lowest BCUT2D eigenvalue weighted by atomic mass is 10.1. The minimum Gasteiger partial charge on any atom is -0.346 e. The van der Waals surface area contributed by atoms with Gasteiger partial charge >= 0.3 is 0 Å². The first-order valence-electron chi connectivity index (χ1n) is 9.11. The number of aromatic nitrogens is 2. The molecule has 0 aliphatic heterocycles. The molecule has 142 valence electrons. The third-order valence-electron chi connectivity index (χ3n) is 4.63. The van der Waals surface area contributed by atoms with Gasteiger partial charge in [0.1, 0.15) is 5.82 Å². The topological polar surface area (TPSA) is 38.1 Å². The molecule has 4 nitrogen and oxygen atoms in total. The summed E-state index contributed by atoms with van der Waals surface area (Å²) in [5, 5.41) is 1.24. The van der Waals surface area contributed by atoms with E-state index in [1.165, 1.54) is 0 Å². The summed E-state index contributed by atoms with van der Waals surface area (Å²) >= 11 is 12.4. The second-order valence-electron chi connectivity index (χ2n) is 6.65. The van der Waals surface area contributed by atoms with Crippen LogP contribution in [0.1, 0.15) is 31.2 Å². The first-order chi connectivity index (χ1) is 13.0. The van der Waals surface area contributed by atoms with Crippen molar-refractivity contribution in [3.05, 3.63) is 63.9 Å². The molecule has 2 aromatic carbocycles. The summed E-state index contributed by atoms with van der Waals surface area (Å²) < 4.78 is 2.12. The van der Waals surface area contributed by atoms with Crippen molar-refractivity contribution >= 4 is 40.1 Å². The number of aryl methyl sites for hydroxylation is 1. The maximum absolute atomic E-state index is 12.4. The number of halogens is 2. The Balaban J connectivity index is 1.88. The van der Waals surface area contributed by atoms with Crippen molar-refractivity contribution in [3.63, 3.8) is 0 Å². The standard InChI is InChI=1S/C21H23Cl2N3O/c1-3-11-25(2)21(27)10-12-26-19-7-5-4-6-18(19)24-20(26)13-15-8-9-16(22)14-17(15)23/h4-9,14H,3,10-13H2,1-2H3. The molecule has 0 N–H and O–H groups in total. The molecule has 3 rings (SSSR count). The lowest BCUT2D eigenvalue weighted by Crippen LogP contribution is -2.28. The van der Waals surface area contributed by atoms with E-state index in [1.54, 1.807) is 11.0 Å². The summed E-state index contributed by atoms with van der Waals surface area (Å²) in [5.74, 6) is 1.04. The Kier molecular flexibility index (Phi) is 6.40. The molecule has 0 radical (unpaired) electrons. The number of para-hydroxylation sites is 2. The van der Waals surface area contributed by atoms with Crippen LogP contribution < -0.4 is 0 Å². The molecular formula is C21H23Cl2N3O. The third kappa shape index (κ3) is 4.63. The van der Waals surface area contributed by atoms with Crippen molar-refractivity contribution in [3.8, 4) is 0 Å². The first kappa shape index (κ1) is 19.7. The Hall–Kier alpha value is -2.04. The molecule has 0 atom stereocenters. The predicted molar refractivity (Wildman–Crippen MR) is 112 cm³/mol. The molecule has 0 spiro atoms. The molecule has 3 aromatic rings. The second-order valence-corrected chi connectivity index (χ2v) is 7.49. The van der Waals surface area contributed by atoms with E-state index in [4.69, 9.17) is 28.2 Å². The van der Waals surface area contributed by atoms with Gasteiger partial charge in [-0.2, -0.15) is 0 Å². The van der Waals surface area contributed by atoms with Crippen LogP contribution in [0.2, 0.25) is 10.0 Å². The molecule has 0 aliphatic carbocycles. The van der Waals surface area contributed by atoms with Gasteiger partial charge in [0.2, 0.25) is 5.91 Å². The van der Waals surface area contributed by atoms with E-state index < -0.39 is 0 Å². The Labute approximate surface area is 169 Å². The van der Waals surface area contributed by atoms with Gasteiger partial charge in [-0.3, -0.25) is 4.79 Å². The molecule has 27 heavy (non-hydrogen) atoms. The highest BCUT2D eigenvalue weighted by Crippen LogP contribution is 2.25. The molecule has 6 heteroatoms. The van der Waals surface area contributed by atoms with Crippen LogP contribution in [0.25, 0.3) is 11.0 Å². The Morgan fingerprint density at radius 1 is 1.19 bits per heavy atom. The minimum absolute atomic E-state index is 0.144. The van der Waals surface area contributed by atoms with Crippen LogP contribution in [0.15, 0.2) is 42.5 Å². The van der Waals surface area contributed by atoms with Crippen LogP contribution in [0.4, 0.5) is 0 Å². The largest absolute Gasteiger partial charge is 0.346 e. The van der Waals surface area contributed by atoms with Gasteiger partial charge in [-0.15, -0.1) is 0 Å². The number of nitrogens with zero attached hydrogens (tertiary/aromatic N) is 3. The van der Waals surface area contributed by atoms with Crippen molar-refractivity contribution in [2.24, 2.45) is 0 Å². The number of rotatable bonds is 7. The molecular weight excluding hydrogens is 381 g/mol. The summed E-state index contributed by atoms with van der Waals surface area (Å²) in [6, 6.07) is 13.5. The van der Waals surface area contributed by atoms with Crippen LogP contribution in [0.5, 0.6) is 0 Å². The molecule has 1 heterocycles. The summed E-state index contributed by atoms with van der Waals surface area (Å²) in [6.07, 6.45) is 1.98. The van der Waals surface area contributed by atoms with E-state index in [0.29, 0.717) is 29.4 Å². The van der Waals surface area contributed by atoms with Crippen molar-refractivity contribution in [1.82, 2.24) is 14.5 Å². The Morgan fingerprint density at radius 3 is 2.70 bits per heavy atom. The quantitative estimate of drug-likeness (QED) is 0.543. The molecule has 0 unspecified atom stereocenters. The summed E-state index contributed by atoms with van der Waals surface area (Å²) in [7, 11) is 1.85. The highest BCUT2D eigenvalue weighted by molar-refractivity contribution is 6.35. The number of hydrogen-bond donors (Lipinski definition) is 0. The Bertz CT molecular complexity index is 952. The van der Waals surface area contributed by atoms with Crippen molar-refractivity contribution in [1.29, 1.82) is 0 Å². The number of carbonyl (C=O) groups excluding carboxylic acids is 1. The monoisotopic (exact) mass is 403 g/mol. The van der Waals surface area contributed by atoms with E-state index in [2.05, 4.69) is 11.5 Å². The fourth-order valence-electron chi connectivity index (χ4n) is 3.20. The summed E-state index contributed by atoms with van der Waals surface area (Å²) in [5.41, 5.74) is 2.92. The fraction of sp³-hybridized carbons (Fsp3) is 0.333. The molecule has 0 saturated carbocycles. The SMILES string of the molecule is CCCN(C)C(=O)CCn1c(Cc2ccc(Cl)cc2Cl)nc2ccccc21. The van der Waals surface area contributed by atoms with Crippen LogP contribution >= 0.6 is 23.2 Å². The third-order valence-corrected chi connectivity index (χ3v) is 5.22. The van der Waals surface area contributed by atoms with Crippen LogP contribution in [-0.2, 0) is 17.8 Å². The van der Waals surface area contributed by atoms with Gasteiger partial charge in [0.15, 0.2) is 0 Å². The van der Waals surface area contributed by atoms with E-state index in [0.717, 1.165) is 35.4 Å². The molecule has 0 fully saturated rings. The van der Waals surface area contributed by atoms with E-state index in [-0.39, 0.29) is 5.91 Å². The number of benzene rings is 2. The van der Waals surface area contributed by atoms with Crippen molar-refractivity contribution in [2.75, 3.05) is 13.6 Å². The number of hydrogen-bond acceptors (Lipinski definition) is 2. The lowest BCUT2D eigenvalue weighted by molar-refractivity contribution is -0.130. The smallest absolute Gasteiger partial charge is 0.224 e. The number of amides is 1. The molecule has 0 aliphatic rings.